The maximum Gasteiger partial charge on any atom is 0.302 e. The first kappa shape index (κ1) is 19.5. The van der Waals surface area contributed by atoms with Gasteiger partial charge < -0.3 is 9.64 Å². The number of aromatic nitrogens is 1. The smallest absolute Gasteiger partial charge is 0.302 e. The minimum absolute atomic E-state index is 0.275. The number of rotatable bonds is 7. The number of hydrogen-bond donors (Lipinski definition) is 0. The summed E-state index contributed by atoms with van der Waals surface area (Å²) in [4.78, 5) is 13.0. The quantitative estimate of drug-likeness (QED) is 0.530. The monoisotopic (exact) mass is 371 g/mol. The Hall–Kier alpha value is -2.79. The molecule has 0 saturated heterocycles. The Balaban J connectivity index is 2.14. The van der Waals surface area contributed by atoms with Gasteiger partial charge in [-0.05, 0) is 56.1 Å². The molecule has 0 aliphatic carbocycles. The van der Waals surface area contributed by atoms with Crippen LogP contribution in [0.1, 0.15) is 30.7 Å². The number of aryl methyl sites for hydroxylation is 2. The molecule has 0 fully saturated rings. The molecule has 1 heterocycles. The largest absolute Gasteiger partial charge is 0.464 e. The number of anilines is 1. The van der Waals surface area contributed by atoms with E-state index < -0.39 is 0 Å². The predicted molar refractivity (Wildman–Crippen MR) is 101 cm³/mol. The zero-order chi connectivity index (χ0) is 19.1. The Labute approximate surface area is 157 Å². The first-order valence-corrected chi connectivity index (χ1v) is 9.00. The third-order valence-corrected chi connectivity index (χ3v) is 4.62. The third-order valence-electron chi connectivity index (χ3n) is 3.80. The van der Waals surface area contributed by atoms with Crippen LogP contribution in [0.15, 0.2) is 28.4 Å². The van der Waals surface area contributed by atoms with Crippen molar-refractivity contribution in [3.05, 3.63) is 35.0 Å². The molecular formula is C18H21N5O2S. The van der Waals surface area contributed by atoms with E-state index in [0.717, 1.165) is 23.5 Å². The second kappa shape index (κ2) is 9.06. The van der Waals surface area contributed by atoms with Crippen molar-refractivity contribution >= 4 is 33.9 Å². The molecule has 2 rings (SSSR count). The molecule has 0 unspecified atom stereocenters. The molecule has 26 heavy (non-hydrogen) atoms. The van der Waals surface area contributed by atoms with Gasteiger partial charge in [-0.25, -0.2) is 0 Å². The highest BCUT2D eigenvalue weighted by Crippen LogP contribution is 2.30. The Morgan fingerprint density at radius 3 is 2.77 bits per heavy atom. The van der Waals surface area contributed by atoms with Gasteiger partial charge in [-0.1, -0.05) is 0 Å². The first-order valence-electron chi connectivity index (χ1n) is 8.23. The number of hydrogen-bond acceptors (Lipinski definition) is 8. The van der Waals surface area contributed by atoms with Crippen molar-refractivity contribution in [2.45, 2.75) is 27.7 Å². The van der Waals surface area contributed by atoms with Gasteiger partial charge in [-0.2, -0.15) is 9.64 Å². The number of nitrogens with zero attached hydrogens (tertiary/aromatic N) is 5. The Kier molecular flexibility index (Phi) is 6.81. The van der Waals surface area contributed by atoms with Crippen LogP contribution >= 0.6 is 11.5 Å². The summed E-state index contributed by atoms with van der Waals surface area (Å²) in [6.45, 7) is 8.97. The van der Waals surface area contributed by atoms with Gasteiger partial charge in [0.15, 0.2) is 5.00 Å². The van der Waals surface area contributed by atoms with E-state index in [2.05, 4.69) is 25.6 Å². The van der Waals surface area contributed by atoms with Gasteiger partial charge >= 0.3 is 5.97 Å². The molecule has 0 amide bonds. The standard InChI is InChI=1S/C18H21N5O2S/c1-5-23(8-9-25-14(4)24)15-6-7-17(12(2)10-15)20-21-18-16(11-19)13(3)22-26-18/h6-7,10H,5,8-9H2,1-4H3. The van der Waals surface area contributed by atoms with Gasteiger partial charge in [-0.15, -0.1) is 10.2 Å². The molecule has 1 aromatic carbocycles. The molecule has 2 aromatic rings. The van der Waals surface area contributed by atoms with Crippen molar-refractivity contribution in [1.29, 1.82) is 5.26 Å². The van der Waals surface area contributed by atoms with Crippen LogP contribution in [-0.2, 0) is 9.53 Å². The minimum atomic E-state index is -0.275. The molecule has 136 valence electrons. The van der Waals surface area contributed by atoms with Crippen molar-refractivity contribution in [1.82, 2.24) is 4.37 Å². The zero-order valence-corrected chi connectivity index (χ0v) is 16.1. The van der Waals surface area contributed by atoms with Gasteiger partial charge in [0.2, 0.25) is 0 Å². The van der Waals surface area contributed by atoms with E-state index in [-0.39, 0.29) is 5.97 Å². The summed E-state index contributed by atoms with van der Waals surface area (Å²) in [5, 5.41) is 18.1. The number of nitriles is 1. The Morgan fingerprint density at radius 2 is 2.15 bits per heavy atom. The van der Waals surface area contributed by atoms with E-state index in [0.29, 0.717) is 29.4 Å². The number of ether oxygens (including phenoxy) is 1. The van der Waals surface area contributed by atoms with Crippen molar-refractivity contribution in [3.63, 3.8) is 0 Å². The fraction of sp³-hybridized carbons (Fsp3) is 0.389. The fourth-order valence-corrected chi connectivity index (χ4v) is 3.05. The maximum atomic E-state index is 10.9. The summed E-state index contributed by atoms with van der Waals surface area (Å²) in [6.07, 6.45) is 0. The molecule has 0 aliphatic rings. The van der Waals surface area contributed by atoms with E-state index in [1.54, 1.807) is 6.92 Å². The van der Waals surface area contributed by atoms with Gasteiger partial charge in [0.05, 0.1) is 17.9 Å². The molecule has 0 aliphatic heterocycles. The van der Waals surface area contributed by atoms with Crippen molar-refractivity contribution in [2.24, 2.45) is 10.2 Å². The summed E-state index contributed by atoms with van der Waals surface area (Å²) in [5.74, 6) is -0.275. The number of carbonyl (C=O) groups excluding carboxylic acids is 1. The number of likely N-dealkylation sites (N-methyl/N-ethyl adjacent to an activating group) is 1. The average Bonchev–Trinajstić information content (AvgIpc) is 2.97. The number of carbonyl (C=O) groups is 1. The van der Waals surface area contributed by atoms with Crippen LogP contribution in [0, 0.1) is 25.2 Å². The van der Waals surface area contributed by atoms with Crippen LogP contribution < -0.4 is 4.90 Å². The lowest BCUT2D eigenvalue weighted by Crippen LogP contribution is -2.27. The molecule has 0 bridgehead atoms. The fourth-order valence-electron chi connectivity index (χ4n) is 2.37. The summed E-state index contributed by atoms with van der Waals surface area (Å²) < 4.78 is 9.15. The van der Waals surface area contributed by atoms with Crippen LogP contribution in [-0.4, -0.2) is 30.0 Å². The summed E-state index contributed by atoms with van der Waals surface area (Å²) in [5.41, 5.74) is 3.87. The molecule has 0 atom stereocenters. The molecular weight excluding hydrogens is 350 g/mol. The lowest BCUT2D eigenvalue weighted by molar-refractivity contribution is -0.140. The van der Waals surface area contributed by atoms with Crippen molar-refractivity contribution in [3.8, 4) is 6.07 Å². The van der Waals surface area contributed by atoms with Gasteiger partial charge in [0.25, 0.3) is 0 Å². The molecule has 0 N–H and O–H groups in total. The Bertz CT molecular complexity index is 854. The highest BCUT2D eigenvalue weighted by atomic mass is 32.1. The second-order valence-corrected chi connectivity index (χ2v) is 6.40. The summed E-state index contributed by atoms with van der Waals surface area (Å²) in [6, 6.07) is 7.98. The maximum absolute atomic E-state index is 10.9. The number of azo groups is 1. The van der Waals surface area contributed by atoms with Crippen LogP contribution in [0.4, 0.5) is 16.4 Å². The van der Waals surface area contributed by atoms with Crippen LogP contribution in [0.2, 0.25) is 0 Å². The van der Waals surface area contributed by atoms with Gasteiger partial charge in [0, 0.05) is 19.2 Å². The average molecular weight is 371 g/mol. The zero-order valence-electron chi connectivity index (χ0n) is 15.3. The highest BCUT2D eigenvalue weighted by Gasteiger charge is 2.10. The van der Waals surface area contributed by atoms with E-state index in [9.17, 15) is 4.79 Å². The van der Waals surface area contributed by atoms with Gasteiger partial charge in [-0.3, -0.25) is 4.79 Å². The lowest BCUT2D eigenvalue weighted by atomic mass is 10.1. The second-order valence-electron chi connectivity index (χ2n) is 5.65. The van der Waals surface area contributed by atoms with Crippen molar-refractivity contribution in [2.75, 3.05) is 24.6 Å². The van der Waals surface area contributed by atoms with Crippen LogP contribution in [0.3, 0.4) is 0 Å². The highest BCUT2D eigenvalue weighted by molar-refractivity contribution is 7.10. The topological polar surface area (TPSA) is 90.9 Å². The molecule has 8 heteroatoms. The van der Waals surface area contributed by atoms with Crippen LogP contribution in [0.5, 0.6) is 0 Å². The van der Waals surface area contributed by atoms with E-state index >= 15 is 0 Å². The molecule has 0 saturated carbocycles. The Morgan fingerprint density at radius 1 is 1.38 bits per heavy atom. The number of esters is 1. The molecule has 0 spiro atoms. The van der Waals surface area contributed by atoms with E-state index in [1.165, 1.54) is 18.5 Å². The lowest BCUT2D eigenvalue weighted by Gasteiger charge is -2.23. The van der Waals surface area contributed by atoms with Gasteiger partial charge in [0.1, 0.15) is 18.2 Å². The SMILES string of the molecule is CCN(CCOC(C)=O)c1ccc(N=Nc2snc(C)c2C#N)c(C)c1. The molecule has 7 nitrogen and oxygen atoms in total. The summed E-state index contributed by atoms with van der Waals surface area (Å²) in [7, 11) is 0. The molecule has 1 aromatic heterocycles. The van der Waals surface area contributed by atoms with E-state index in [1.807, 2.05) is 32.0 Å². The van der Waals surface area contributed by atoms with Crippen molar-refractivity contribution < 1.29 is 9.53 Å². The first-order chi connectivity index (χ1) is 12.5. The summed E-state index contributed by atoms with van der Waals surface area (Å²) >= 11 is 1.17. The predicted octanol–water partition coefficient (Wildman–Crippen LogP) is 4.44. The number of benzene rings is 1. The van der Waals surface area contributed by atoms with Crippen LogP contribution in [0.25, 0.3) is 0 Å². The van der Waals surface area contributed by atoms with E-state index in [4.69, 9.17) is 10.00 Å². The normalized spacial score (nSPS) is 10.7. The molecule has 0 radical (unpaired) electrons. The minimum Gasteiger partial charge on any atom is -0.464 e. The third kappa shape index (κ3) is 4.86.